The highest BCUT2D eigenvalue weighted by Gasteiger charge is 2.21. The first-order valence-electron chi connectivity index (χ1n) is 7.14. The number of fused-ring (bicyclic) bond motifs is 1. The number of aromatic carboxylic acids is 1. The van der Waals surface area contributed by atoms with Crippen molar-refractivity contribution in [3.05, 3.63) is 59.4 Å². The van der Waals surface area contributed by atoms with E-state index in [4.69, 9.17) is 9.84 Å². The van der Waals surface area contributed by atoms with Gasteiger partial charge in [0.1, 0.15) is 0 Å². The van der Waals surface area contributed by atoms with Crippen LogP contribution in [0.4, 0.5) is 0 Å². The van der Waals surface area contributed by atoms with Crippen molar-refractivity contribution in [3.8, 4) is 5.75 Å². The van der Waals surface area contributed by atoms with Crippen molar-refractivity contribution in [3.63, 3.8) is 0 Å². The van der Waals surface area contributed by atoms with Crippen LogP contribution in [0.15, 0.2) is 42.6 Å². The fourth-order valence-electron chi connectivity index (χ4n) is 2.89. The summed E-state index contributed by atoms with van der Waals surface area (Å²) in [6.45, 7) is 0.489. The Labute approximate surface area is 123 Å². The van der Waals surface area contributed by atoms with Gasteiger partial charge in [0.05, 0.1) is 6.61 Å². The number of carbonyl (C=O) groups is 1. The van der Waals surface area contributed by atoms with E-state index in [-0.39, 0.29) is 5.69 Å². The minimum absolute atomic E-state index is 0.0263. The molecule has 0 amide bonds. The number of benzene rings is 1. The monoisotopic (exact) mass is 283 g/mol. The van der Waals surface area contributed by atoms with Crippen molar-refractivity contribution in [2.45, 2.75) is 25.2 Å². The van der Waals surface area contributed by atoms with E-state index in [0.29, 0.717) is 18.3 Å². The maximum Gasteiger partial charge on any atom is 0.358 e. The van der Waals surface area contributed by atoms with Crippen LogP contribution in [0.5, 0.6) is 5.75 Å². The normalized spacial score (nSPS) is 17.0. The molecule has 1 aliphatic rings. The zero-order chi connectivity index (χ0) is 14.7. The van der Waals surface area contributed by atoms with Gasteiger partial charge in [-0.25, -0.2) is 9.78 Å². The lowest BCUT2D eigenvalue weighted by molar-refractivity contribution is 0.0685. The van der Waals surface area contributed by atoms with Crippen molar-refractivity contribution in [2.24, 2.45) is 0 Å². The first kappa shape index (κ1) is 13.6. The molecule has 0 saturated heterocycles. The molecule has 0 fully saturated rings. The maximum absolute atomic E-state index is 11.1. The summed E-state index contributed by atoms with van der Waals surface area (Å²) >= 11 is 0. The largest absolute Gasteiger partial charge is 0.490 e. The molecule has 0 spiro atoms. The first-order valence-corrected chi connectivity index (χ1v) is 7.14. The van der Waals surface area contributed by atoms with E-state index in [2.05, 4.69) is 23.2 Å². The van der Waals surface area contributed by atoms with Crippen molar-refractivity contribution in [1.29, 1.82) is 0 Å². The molecule has 2 aromatic rings. The fraction of sp³-hybridized carbons (Fsp3) is 0.294. The van der Waals surface area contributed by atoms with E-state index in [1.165, 1.54) is 17.3 Å². The predicted octanol–water partition coefficient (Wildman–Crippen LogP) is 3.28. The van der Waals surface area contributed by atoms with Crippen LogP contribution in [0.1, 0.15) is 40.4 Å². The predicted molar refractivity (Wildman–Crippen MR) is 78.8 cm³/mol. The lowest BCUT2D eigenvalue weighted by atomic mass is 9.83. The first-order chi connectivity index (χ1) is 10.3. The van der Waals surface area contributed by atoms with E-state index in [1.807, 2.05) is 6.07 Å². The van der Waals surface area contributed by atoms with Crippen LogP contribution in [-0.2, 0) is 6.42 Å². The van der Waals surface area contributed by atoms with Gasteiger partial charge in [0.15, 0.2) is 11.4 Å². The van der Waals surface area contributed by atoms with Crippen LogP contribution in [0, 0.1) is 0 Å². The molecule has 1 aromatic heterocycles. The summed E-state index contributed by atoms with van der Waals surface area (Å²) in [7, 11) is 0. The Morgan fingerprint density at radius 2 is 2.14 bits per heavy atom. The highest BCUT2D eigenvalue weighted by atomic mass is 16.5. The highest BCUT2D eigenvalue weighted by molar-refractivity contribution is 5.88. The van der Waals surface area contributed by atoms with Gasteiger partial charge in [0.25, 0.3) is 0 Å². The number of nitrogens with zero attached hydrogens (tertiary/aromatic N) is 1. The van der Waals surface area contributed by atoms with Crippen LogP contribution in [0.25, 0.3) is 0 Å². The minimum Gasteiger partial charge on any atom is -0.490 e. The molecule has 0 aliphatic heterocycles. The smallest absolute Gasteiger partial charge is 0.358 e. The van der Waals surface area contributed by atoms with Crippen LogP contribution in [0.2, 0.25) is 0 Å². The minimum atomic E-state index is -1.06. The fourth-order valence-corrected chi connectivity index (χ4v) is 2.89. The summed E-state index contributed by atoms with van der Waals surface area (Å²) < 4.78 is 5.75. The Balaban J connectivity index is 1.76. The van der Waals surface area contributed by atoms with Crippen molar-refractivity contribution in [1.82, 2.24) is 4.98 Å². The molecule has 0 saturated carbocycles. The zero-order valence-electron chi connectivity index (χ0n) is 11.7. The third kappa shape index (κ3) is 2.89. The number of aromatic nitrogens is 1. The lowest BCUT2D eigenvalue weighted by Crippen LogP contribution is -2.17. The molecule has 108 valence electrons. The molecule has 0 radical (unpaired) electrons. The van der Waals surface area contributed by atoms with Gasteiger partial charge in [-0.2, -0.15) is 0 Å². The summed E-state index contributed by atoms with van der Waals surface area (Å²) in [5.41, 5.74) is 2.67. The summed E-state index contributed by atoms with van der Waals surface area (Å²) in [5, 5.41) is 9.12. The van der Waals surface area contributed by atoms with Gasteiger partial charge >= 0.3 is 5.97 Å². The molecule has 3 rings (SSSR count). The molecule has 1 atom stereocenters. The number of ether oxygens (including phenoxy) is 1. The second-order valence-electron chi connectivity index (χ2n) is 5.25. The summed E-state index contributed by atoms with van der Waals surface area (Å²) in [6, 6.07) is 11.8. The average Bonchev–Trinajstić information content (AvgIpc) is 2.53. The van der Waals surface area contributed by atoms with E-state index < -0.39 is 5.97 Å². The van der Waals surface area contributed by atoms with Crippen LogP contribution in [0.3, 0.4) is 0 Å². The maximum atomic E-state index is 11.1. The second kappa shape index (κ2) is 5.95. The number of hydrogen-bond acceptors (Lipinski definition) is 3. The van der Waals surface area contributed by atoms with Gasteiger partial charge in [0, 0.05) is 12.1 Å². The average molecular weight is 283 g/mol. The standard InChI is InChI=1S/C17H17NO3/c19-17(20)16-15(9-4-10-18-16)21-11-13-7-3-6-12-5-1-2-8-14(12)13/h1-2,4-5,8-10,13H,3,6-7,11H2,(H,19,20). The molecular formula is C17H17NO3. The Morgan fingerprint density at radius 1 is 1.29 bits per heavy atom. The number of rotatable bonds is 4. The number of pyridine rings is 1. The second-order valence-corrected chi connectivity index (χ2v) is 5.25. The van der Waals surface area contributed by atoms with Crippen LogP contribution < -0.4 is 4.74 Å². The van der Waals surface area contributed by atoms with Gasteiger partial charge in [-0.1, -0.05) is 24.3 Å². The van der Waals surface area contributed by atoms with Gasteiger partial charge in [-0.15, -0.1) is 0 Å². The van der Waals surface area contributed by atoms with E-state index in [9.17, 15) is 4.79 Å². The number of hydrogen-bond donors (Lipinski definition) is 1. The van der Waals surface area contributed by atoms with E-state index in [1.54, 1.807) is 12.1 Å². The molecule has 1 aliphatic carbocycles. The zero-order valence-corrected chi connectivity index (χ0v) is 11.7. The van der Waals surface area contributed by atoms with Crippen LogP contribution >= 0.6 is 0 Å². The quantitative estimate of drug-likeness (QED) is 0.935. The number of aryl methyl sites for hydroxylation is 1. The lowest BCUT2D eigenvalue weighted by Gasteiger charge is -2.25. The number of carboxylic acids is 1. The molecule has 21 heavy (non-hydrogen) atoms. The third-order valence-corrected chi connectivity index (χ3v) is 3.91. The highest BCUT2D eigenvalue weighted by Crippen LogP contribution is 2.32. The van der Waals surface area contributed by atoms with Gasteiger partial charge in [0.2, 0.25) is 0 Å². The third-order valence-electron chi connectivity index (χ3n) is 3.91. The van der Waals surface area contributed by atoms with E-state index >= 15 is 0 Å². The Hall–Kier alpha value is -2.36. The number of carboxylic acid groups (broad SMARTS) is 1. The molecule has 1 heterocycles. The molecule has 1 unspecified atom stereocenters. The SMILES string of the molecule is O=C(O)c1ncccc1OCC1CCCc2ccccc21. The summed E-state index contributed by atoms with van der Waals surface area (Å²) in [5.74, 6) is -0.403. The van der Waals surface area contributed by atoms with Gasteiger partial charge in [-0.3, -0.25) is 0 Å². The molecule has 1 aromatic carbocycles. The van der Waals surface area contributed by atoms with Gasteiger partial charge in [-0.05, 0) is 42.5 Å². The van der Waals surface area contributed by atoms with Crippen molar-refractivity contribution < 1.29 is 14.6 Å². The summed E-state index contributed by atoms with van der Waals surface area (Å²) in [4.78, 5) is 15.0. The Morgan fingerprint density at radius 3 is 3.00 bits per heavy atom. The summed E-state index contributed by atoms with van der Waals surface area (Å²) in [6.07, 6.45) is 4.79. The molecule has 4 heteroatoms. The Bertz CT molecular complexity index is 654. The van der Waals surface area contributed by atoms with Crippen molar-refractivity contribution >= 4 is 5.97 Å². The molecule has 1 N–H and O–H groups in total. The molecule has 0 bridgehead atoms. The van der Waals surface area contributed by atoms with E-state index in [0.717, 1.165) is 19.3 Å². The Kier molecular flexibility index (Phi) is 3.86. The topological polar surface area (TPSA) is 59.4 Å². The van der Waals surface area contributed by atoms with Crippen molar-refractivity contribution in [2.75, 3.05) is 6.61 Å². The van der Waals surface area contributed by atoms with Gasteiger partial charge < -0.3 is 9.84 Å². The molecular weight excluding hydrogens is 266 g/mol. The molecule has 4 nitrogen and oxygen atoms in total. The van der Waals surface area contributed by atoms with Crippen LogP contribution in [-0.4, -0.2) is 22.7 Å².